The fraction of sp³-hybridized carbons (Fsp3) is 0.579. The van der Waals surface area contributed by atoms with E-state index in [0.29, 0.717) is 18.9 Å². The van der Waals surface area contributed by atoms with Crippen LogP contribution in [0, 0.1) is 5.92 Å². The molecule has 2 heterocycles. The Morgan fingerprint density at radius 1 is 1.08 bits per heavy atom. The molecular weight excluding hydrogens is 302 g/mol. The highest BCUT2D eigenvalue weighted by atomic mass is 16.2. The van der Waals surface area contributed by atoms with Gasteiger partial charge in [0.1, 0.15) is 0 Å². The predicted molar refractivity (Wildman–Crippen MR) is 91.4 cm³/mol. The molecule has 128 valence electrons. The average Bonchev–Trinajstić information content (AvgIpc) is 3.05. The van der Waals surface area contributed by atoms with Gasteiger partial charge in [0, 0.05) is 31.6 Å². The third kappa shape index (κ3) is 3.18. The summed E-state index contributed by atoms with van der Waals surface area (Å²) in [5, 5.41) is 6.42. The van der Waals surface area contributed by atoms with Gasteiger partial charge in [-0.15, -0.1) is 0 Å². The summed E-state index contributed by atoms with van der Waals surface area (Å²) < 4.78 is 0. The van der Waals surface area contributed by atoms with Crippen molar-refractivity contribution in [1.82, 2.24) is 15.5 Å². The molecule has 5 nitrogen and oxygen atoms in total. The van der Waals surface area contributed by atoms with Crippen LogP contribution >= 0.6 is 0 Å². The van der Waals surface area contributed by atoms with Gasteiger partial charge < -0.3 is 15.5 Å². The smallest absolute Gasteiger partial charge is 0.239 e. The number of carbonyl (C=O) groups is 2. The third-order valence-corrected chi connectivity index (χ3v) is 5.56. The number of carbonyl (C=O) groups excluding carboxylic acids is 2. The highest BCUT2D eigenvalue weighted by Crippen LogP contribution is 2.40. The van der Waals surface area contributed by atoms with E-state index in [1.54, 1.807) is 0 Å². The lowest BCUT2D eigenvalue weighted by Crippen LogP contribution is -2.42. The second-order valence-electron chi connectivity index (χ2n) is 7.29. The highest BCUT2D eigenvalue weighted by molar-refractivity contribution is 5.86. The molecule has 5 heteroatoms. The molecule has 2 saturated heterocycles. The Balaban J connectivity index is 1.27. The molecule has 0 bridgehead atoms. The summed E-state index contributed by atoms with van der Waals surface area (Å²) in [7, 11) is 0. The monoisotopic (exact) mass is 327 g/mol. The zero-order valence-electron chi connectivity index (χ0n) is 13.9. The lowest BCUT2D eigenvalue weighted by atomic mass is 10.0. The van der Waals surface area contributed by atoms with Crippen molar-refractivity contribution in [2.75, 3.05) is 19.6 Å². The van der Waals surface area contributed by atoms with Gasteiger partial charge in [-0.1, -0.05) is 30.3 Å². The molecule has 4 rings (SSSR count). The molecule has 2 aliphatic heterocycles. The van der Waals surface area contributed by atoms with E-state index in [0.717, 1.165) is 32.4 Å². The Morgan fingerprint density at radius 2 is 1.83 bits per heavy atom. The summed E-state index contributed by atoms with van der Waals surface area (Å²) in [6.07, 6.45) is 3.85. The maximum absolute atomic E-state index is 12.5. The van der Waals surface area contributed by atoms with E-state index in [9.17, 15) is 9.59 Å². The number of likely N-dealkylation sites (tertiary alicyclic amines) is 1. The van der Waals surface area contributed by atoms with E-state index in [1.165, 1.54) is 5.56 Å². The minimum absolute atomic E-state index is 0.0847. The molecule has 1 aromatic carbocycles. The largest absolute Gasteiger partial charge is 0.352 e. The van der Waals surface area contributed by atoms with Crippen LogP contribution in [0.1, 0.15) is 37.2 Å². The molecule has 24 heavy (non-hydrogen) atoms. The van der Waals surface area contributed by atoms with E-state index in [4.69, 9.17) is 0 Å². The summed E-state index contributed by atoms with van der Waals surface area (Å²) in [4.78, 5) is 26.8. The van der Waals surface area contributed by atoms with Crippen LogP contribution in [0.3, 0.4) is 0 Å². The Bertz CT molecular complexity index is 612. The van der Waals surface area contributed by atoms with Crippen molar-refractivity contribution in [3.63, 3.8) is 0 Å². The summed E-state index contributed by atoms with van der Waals surface area (Å²) in [6.45, 7) is 2.35. The topological polar surface area (TPSA) is 61.4 Å². The van der Waals surface area contributed by atoms with E-state index in [2.05, 4.69) is 22.8 Å². The number of benzene rings is 1. The minimum atomic E-state index is -0.178. The van der Waals surface area contributed by atoms with Crippen LogP contribution in [0.4, 0.5) is 0 Å². The Morgan fingerprint density at radius 3 is 2.58 bits per heavy atom. The van der Waals surface area contributed by atoms with Crippen molar-refractivity contribution in [3.05, 3.63) is 35.9 Å². The summed E-state index contributed by atoms with van der Waals surface area (Å²) in [5.74, 6) is 0.643. The summed E-state index contributed by atoms with van der Waals surface area (Å²) in [6, 6.07) is 10.4. The number of amides is 2. The molecule has 4 atom stereocenters. The van der Waals surface area contributed by atoms with Crippen LogP contribution < -0.4 is 10.6 Å². The van der Waals surface area contributed by atoms with Crippen molar-refractivity contribution in [1.29, 1.82) is 0 Å². The number of nitrogens with zero attached hydrogens (tertiary/aromatic N) is 1. The zero-order valence-corrected chi connectivity index (χ0v) is 13.9. The minimum Gasteiger partial charge on any atom is -0.352 e. The lowest BCUT2D eigenvalue weighted by molar-refractivity contribution is -0.132. The van der Waals surface area contributed by atoms with Crippen molar-refractivity contribution in [3.8, 4) is 0 Å². The number of rotatable bonds is 4. The van der Waals surface area contributed by atoms with Gasteiger partial charge in [0.15, 0.2) is 0 Å². The molecule has 2 amide bonds. The van der Waals surface area contributed by atoms with Gasteiger partial charge in [0.25, 0.3) is 0 Å². The predicted octanol–water partition coefficient (Wildman–Crippen LogP) is 1.26. The molecule has 0 spiro atoms. The van der Waals surface area contributed by atoms with Crippen LogP contribution in [0.15, 0.2) is 30.3 Å². The van der Waals surface area contributed by atoms with Gasteiger partial charge in [0.2, 0.25) is 11.8 Å². The molecule has 2 N–H and O–H groups in total. The molecule has 0 radical (unpaired) electrons. The third-order valence-electron chi connectivity index (χ3n) is 5.56. The molecule has 1 aliphatic carbocycles. The quantitative estimate of drug-likeness (QED) is 0.875. The second-order valence-corrected chi connectivity index (χ2v) is 7.29. The first-order chi connectivity index (χ1) is 11.7. The molecule has 3 fully saturated rings. The van der Waals surface area contributed by atoms with Crippen molar-refractivity contribution < 1.29 is 9.59 Å². The molecule has 1 saturated carbocycles. The average molecular weight is 327 g/mol. The van der Waals surface area contributed by atoms with Gasteiger partial charge in [-0.25, -0.2) is 0 Å². The van der Waals surface area contributed by atoms with Crippen LogP contribution in [-0.2, 0) is 9.59 Å². The molecule has 1 unspecified atom stereocenters. The Kier molecular flexibility index (Phi) is 4.27. The lowest BCUT2D eigenvalue weighted by Gasteiger charge is -2.19. The first-order valence-corrected chi connectivity index (χ1v) is 9.10. The molecule has 0 aromatic heterocycles. The standard InChI is InChI=1S/C19H25N3O2/c23-18(21-16-11-15(16)13-6-2-1-3-7-13)14-10-17(20-12-14)19(24)22-8-4-5-9-22/h1-3,6-7,14-17,20H,4-5,8-12H2,(H,21,23)/t14-,15-,16?,17-/m0/s1. The fourth-order valence-electron chi connectivity index (χ4n) is 4.01. The zero-order chi connectivity index (χ0) is 16.5. The maximum Gasteiger partial charge on any atom is 0.239 e. The fourth-order valence-corrected chi connectivity index (χ4v) is 4.01. The van der Waals surface area contributed by atoms with Crippen LogP contribution in [0.25, 0.3) is 0 Å². The molecule has 3 aliphatic rings. The van der Waals surface area contributed by atoms with Crippen molar-refractivity contribution in [2.24, 2.45) is 5.92 Å². The number of nitrogens with one attached hydrogen (secondary N) is 2. The van der Waals surface area contributed by atoms with Gasteiger partial charge in [-0.05, 0) is 31.2 Å². The van der Waals surface area contributed by atoms with Crippen LogP contribution in [0.5, 0.6) is 0 Å². The van der Waals surface area contributed by atoms with Crippen molar-refractivity contribution in [2.45, 2.75) is 43.7 Å². The molecule has 1 aromatic rings. The maximum atomic E-state index is 12.5. The SMILES string of the molecule is O=C(NC1C[C@H]1c1ccccc1)[C@@H]1CN[C@H](C(=O)N2CCCC2)C1. The highest BCUT2D eigenvalue weighted by Gasteiger charge is 2.42. The van der Waals surface area contributed by atoms with E-state index >= 15 is 0 Å². The van der Waals surface area contributed by atoms with E-state index in [-0.39, 0.29) is 29.8 Å². The van der Waals surface area contributed by atoms with Crippen LogP contribution in [0.2, 0.25) is 0 Å². The number of hydrogen-bond acceptors (Lipinski definition) is 3. The van der Waals surface area contributed by atoms with Gasteiger partial charge in [-0.3, -0.25) is 9.59 Å². The van der Waals surface area contributed by atoms with Crippen LogP contribution in [-0.4, -0.2) is 48.4 Å². The first-order valence-electron chi connectivity index (χ1n) is 9.10. The summed E-state index contributed by atoms with van der Waals surface area (Å²) >= 11 is 0. The van der Waals surface area contributed by atoms with Gasteiger partial charge in [0.05, 0.1) is 12.0 Å². The normalized spacial score (nSPS) is 31.9. The van der Waals surface area contributed by atoms with Crippen molar-refractivity contribution >= 4 is 11.8 Å². The Labute approximate surface area is 142 Å². The van der Waals surface area contributed by atoms with Gasteiger partial charge >= 0.3 is 0 Å². The number of hydrogen-bond donors (Lipinski definition) is 2. The first kappa shape index (κ1) is 15.6. The van der Waals surface area contributed by atoms with Gasteiger partial charge in [-0.2, -0.15) is 0 Å². The Hall–Kier alpha value is -1.88. The van der Waals surface area contributed by atoms with E-state index in [1.807, 2.05) is 23.1 Å². The summed E-state index contributed by atoms with van der Waals surface area (Å²) in [5.41, 5.74) is 1.30. The second kappa shape index (κ2) is 6.55. The van der Waals surface area contributed by atoms with E-state index < -0.39 is 0 Å². The molecular formula is C19H25N3O2.